The molecule has 0 spiro atoms. The van der Waals surface area contributed by atoms with Crippen molar-refractivity contribution < 1.29 is 18.7 Å². The summed E-state index contributed by atoms with van der Waals surface area (Å²) < 4.78 is 17.4. The lowest BCUT2D eigenvalue weighted by Crippen LogP contribution is -2.41. The summed E-state index contributed by atoms with van der Waals surface area (Å²) in [7, 11) is 0. The molecule has 1 aromatic heterocycles. The zero-order chi connectivity index (χ0) is 25.5. The number of carbonyl (C=O) groups is 1. The van der Waals surface area contributed by atoms with Crippen molar-refractivity contribution in [3.63, 3.8) is 0 Å². The highest BCUT2D eigenvalue weighted by Gasteiger charge is 2.46. The standard InChI is InChI=1S/C30H35N3O4/c1-4-35-24-14-15-25-26(16-24)33(23-6-5-7-23)28(27(25)29-31-18(2)17-36-29)21-10-12-22(13-11-21)32-30(34)37-19(3)20-8-9-20/h10-17,19-20,23,27-28H,4-9H2,1-3H3,(H,32,34). The lowest BCUT2D eigenvalue weighted by Gasteiger charge is -2.42. The molecule has 194 valence electrons. The van der Waals surface area contributed by atoms with Crippen molar-refractivity contribution in [2.24, 2.45) is 5.92 Å². The molecule has 1 amide bonds. The zero-order valence-corrected chi connectivity index (χ0v) is 21.8. The largest absolute Gasteiger partial charge is 0.494 e. The summed E-state index contributed by atoms with van der Waals surface area (Å²) in [6.07, 6.45) is 7.14. The Kier molecular flexibility index (Phi) is 6.31. The number of aromatic nitrogens is 1. The third-order valence-corrected chi connectivity index (χ3v) is 7.99. The van der Waals surface area contributed by atoms with E-state index in [2.05, 4.69) is 34.5 Å². The van der Waals surface area contributed by atoms with Crippen molar-refractivity contribution >= 4 is 17.5 Å². The third-order valence-electron chi connectivity index (χ3n) is 7.99. The van der Waals surface area contributed by atoms with Gasteiger partial charge in [-0.2, -0.15) is 0 Å². The Labute approximate surface area is 218 Å². The fraction of sp³-hybridized carbons (Fsp3) is 0.467. The minimum atomic E-state index is -0.395. The molecule has 2 heterocycles. The van der Waals surface area contributed by atoms with Gasteiger partial charge in [-0.15, -0.1) is 0 Å². The van der Waals surface area contributed by atoms with Gasteiger partial charge in [0.1, 0.15) is 18.1 Å². The molecule has 0 bridgehead atoms. The average molecular weight is 502 g/mol. The summed E-state index contributed by atoms with van der Waals surface area (Å²) in [4.78, 5) is 19.7. The van der Waals surface area contributed by atoms with Crippen LogP contribution in [0.3, 0.4) is 0 Å². The summed E-state index contributed by atoms with van der Waals surface area (Å²) in [5.74, 6) is 2.08. The van der Waals surface area contributed by atoms with E-state index in [9.17, 15) is 4.79 Å². The number of oxazole rings is 1. The van der Waals surface area contributed by atoms with Gasteiger partial charge in [0.2, 0.25) is 5.89 Å². The third kappa shape index (κ3) is 4.67. The Balaban J connectivity index is 1.33. The Morgan fingerprint density at radius 2 is 1.95 bits per heavy atom. The molecule has 6 rings (SSSR count). The predicted octanol–water partition coefficient (Wildman–Crippen LogP) is 6.97. The fourth-order valence-corrected chi connectivity index (χ4v) is 5.71. The van der Waals surface area contributed by atoms with Crippen LogP contribution in [0.15, 0.2) is 53.1 Å². The van der Waals surface area contributed by atoms with E-state index in [0.29, 0.717) is 18.6 Å². The molecule has 37 heavy (non-hydrogen) atoms. The van der Waals surface area contributed by atoms with Gasteiger partial charge in [0, 0.05) is 23.5 Å². The first-order valence-electron chi connectivity index (χ1n) is 13.6. The molecule has 0 radical (unpaired) electrons. The van der Waals surface area contributed by atoms with Crippen molar-refractivity contribution in [3.8, 4) is 5.75 Å². The number of benzene rings is 2. The Morgan fingerprint density at radius 1 is 1.16 bits per heavy atom. The number of hydrogen-bond acceptors (Lipinski definition) is 6. The molecule has 7 nitrogen and oxygen atoms in total. The van der Waals surface area contributed by atoms with Crippen molar-refractivity contribution in [2.75, 3.05) is 16.8 Å². The molecule has 3 aromatic rings. The second-order valence-electron chi connectivity index (χ2n) is 10.6. The van der Waals surface area contributed by atoms with Crippen LogP contribution in [0.1, 0.15) is 80.6 Å². The first-order chi connectivity index (χ1) is 18.0. The normalized spacial score (nSPS) is 21.8. The molecule has 3 atom stereocenters. The van der Waals surface area contributed by atoms with Crippen LogP contribution in [0, 0.1) is 12.8 Å². The maximum atomic E-state index is 12.4. The van der Waals surface area contributed by atoms with E-state index in [4.69, 9.17) is 18.9 Å². The molecule has 2 saturated carbocycles. The molecule has 2 fully saturated rings. The molecular weight excluding hydrogens is 466 g/mol. The van der Waals surface area contributed by atoms with Crippen molar-refractivity contribution in [2.45, 2.75) is 77.0 Å². The van der Waals surface area contributed by atoms with Gasteiger partial charge >= 0.3 is 6.09 Å². The predicted molar refractivity (Wildman–Crippen MR) is 142 cm³/mol. The number of hydrogen-bond donors (Lipinski definition) is 1. The lowest BCUT2D eigenvalue weighted by molar-refractivity contribution is 0.108. The quantitative estimate of drug-likeness (QED) is 0.359. The van der Waals surface area contributed by atoms with Gasteiger partial charge in [0.15, 0.2) is 0 Å². The van der Waals surface area contributed by atoms with E-state index < -0.39 is 6.09 Å². The molecule has 1 N–H and O–H groups in total. The number of amides is 1. The lowest BCUT2D eigenvalue weighted by atomic mass is 9.86. The van der Waals surface area contributed by atoms with Gasteiger partial charge in [-0.05, 0) is 88.1 Å². The molecule has 1 aliphatic heterocycles. The van der Waals surface area contributed by atoms with E-state index in [0.717, 1.165) is 54.3 Å². The number of fused-ring (bicyclic) bond motifs is 1. The van der Waals surface area contributed by atoms with Crippen LogP contribution in [0.5, 0.6) is 5.75 Å². The van der Waals surface area contributed by atoms with Crippen molar-refractivity contribution in [1.82, 2.24) is 4.98 Å². The number of nitrogens with one attached hydrogen (secondary N) is 1. The SMILES string of the molecule is CCOc1ccc2c(c1)N(C1CCC1)C(c1ccc(NC(=O)OC(C)C3CC3)cc1)C2c1nc(C)co1. The number of carbonyl (C=O) groups excluding carboxylic acids is 1. The second kappa shape index (κ2) is 9.77. The van der Waals surface area contributed by atoms with E-state index in [1.165, 1.54) is 17.7 Å². The maximum absolute atomic E-state index is 12.4. The summed E-state index contributed by atoms with van der Waals surface area (Å²) >= 11 is 0. The highest BCUT2D eigenvalue weighted by atomic mass is 16.6. The zero-order valence-electron chi connectivity index (χ0n) is 21.8. The monoisotopic (exact) mass is 501 g/mol. The minimum absolute atomic E-state index is 0.0334. The Morgan fingerprint density at radius 3 is 2.57 bits per heavy atom. The summed E-state index contributed by atoms with van der Waals surface area (Å²) in [5, 5.41) is 2.89. The van der Waals surface area contributed by atoms with Gasteiger partial charge in [-0.1, -0.05) is 18.2 Å². The van der Waals surface area contributed by atoms with E-state index in [-0.39, 0.29) is 18.1 Å². The number of nitrogens with zero attached hydrogens (tertiary/aromatic N) is 2. The number of aryl methyl sites for hydroxylation is 1. The molecule has 7 heteroatoms. The van der Waals surface area contributed by atoms with Crippen LogP contribution in [-0.2, 0) is 4.74 Å². The topological polar surface area (TPSA) is 76.8 Å². The molecule has 3 aliphatic rings. The molecule has 0 saturated heterocycles. The highest BCUT2D eigenvalue weighted by Crippen LogP contribution is 2.55. The van der Waals surface area contributed by atoms with Crippen LogP contribution < -0.4 is 15.0 Å². The smallest absolute Gasteiger partial charge is 0.411 e. The summed E-state index contributed by atoms with van der Waals surface area (Å²) in [6, 6.07) is 15.0. The fourth-order valence-electron chi connectivity index (χ4n) is 5.71. The van der Waals surface area contributed by atoms with Crippen LogP contribution in [0.4, 0.5) is 16.2 Å². The van der Waals surface area contributed by atoms with Gasteiger partial charge in [-0.25, -0.2) is 9.78 Å². The summed E-state index contributed by atoms with van der Waals surface area (Å²) in [5.41, 5.74) is 5.17. The van der Waals surface area contributed by atoms with Crippen LogP contribution in [0.2, 0.25) is 0 Å². The van der Waals surface area contributed by atoms with Crippen LogP contribution in [0.25, 0.3) is 0 Å². The van der Waals surface area contributed by atoms with Crippen LogP contribution >= 0.6 is 0 Å². The van der Waals surface area contributed by atoms with E-state index >= 15 is 0 Å². The van der Waals surface area contributed by atoms with E-state index in [1.54, 1.807) is 6.26 Å². The first kappa shape index (κ1) is 23.9. The van der Waals surface area contributed by atoms with Gasteiger partial charge in [0.25, 0.3) is 0 Å². The van der Waals surface area contributed by atoms with Gasteiger partial charge in [-0.3, -0.25) is 5.32 Å². The van der Waals surface area contributed by atoms with E-state index in [1.807, 2.05) is 39.0 Å². The van der Waals surface area contributed by atoms with Crippen molar-refractivity contribution in [3.05, 3.63) is 71.4 Å². The number of anilines is 2. The minimum Gasteiger partial charge on any atom is -0.494 e. The number of ether oxygens (including phenoxy) is 2. The molecule has 2 aliphatic carbocycles. The van der Waals surface area contributed by atoms with Gasteiger partial charge in [0.05, 0.1) is 24.3 Å². The Hall–Kier alpha value is -3.48. The number of rotatable bonds is 8. The second-order valence-corrected chi connectivity index (χ2v) is 10.6. The maximum Gasteiger partial charge on any atom is 0.411 e. The molecule has 3 unspecified atom stereocenters. The van der Waals surface area contributed by atoms with Gasteiger partial charge < -0.3 is 18.8 Å². The summed E-state index contributed by atoms with van der Waals surface area (Å²) in [6.45, 7) is 6.57. The average Bonchev–Trinajstić information content (AvgIpc) is 3.55. The van der Waals surface area contributed by atoms with Crippen molar-refractivity contribution in [1.29, 1.82) is 0 Å². The Bertz CT molecular complexity index is 1260. The highest BCUT2D eigenvalue weighted by molar-refractivity contribution is 5.84. The molecular formula is C30H35N3O4. The first-order valence-corrected chi connectivity index (χ1v) is 13.6. The van der Waals surface area contributed by atoms with Crippen LogP contribution in [-0.4, -0.2) is 29.8 Å². The molecule has 2 aromatic carbocycles.